The molecule has 21 heavy (non-hydrogen) atoms. The van der Waals surface area contributed by atoms with Crippen molar-refractivity contribution in [2.75, 3.05) is 0 Å². The lowest BCUT2D eigenvalue weighted by Crippen LogP contribution is -2.09. The van der Waals surface area contributed by atoms with Crippen LogP contribution in [0, 0.1) is 5.41 Å². The number of nitrogens with one attached hydrogen (secondary N) is 1. The van der Waals surface area contributed by atoms with Gasteiger partial charge in [-0.1, -0.05) is 48.8 Å². The predicted molar refractivity (Wildman–Crippen MR) is 92.3 cm³/mol. The minimum atomic E-state index is 0.364. The molecule has 1 aliphatic carbocycles. The maximum absolute atomic E-state index is 8.44. The monoisotopic (exact) mass is 281 g/mol. The molecular weight excluding hydrogens is 254 g/mol. The number of allylic oxidation sites excluding steroid dienone is 4. The molecule has 1 heteroatoms. The normalized spacial score (nSPS) is 16.0. The van der Waals surface area contributed by atoms with Crippen LogP contribution in [0.25, 0.3) is 0 Å². The summed E-state index contributed by atoms with van der Waals surface area (Å²) in [4.78, 5) is 0. The molecule has 0 amide bonds. The molecule has 0 aliphatic heterocycles. The van der Waals surface area contributed by atoms with Gasteiger partial charge < -0.3 is 5.41 Å². The summed E-state index contributed by atoms with van der Waals surface area (Å²) < 4.78 is 0. The first-order valence-electron chi connectivity index (χ1n) is 8.00. The third-order valence-corrected chi connectivity index (χ3v) is 4.99. The fourth-order valence-corrected chi connectivity index (χ4v) is 3.33. The molecule has 1 aromatic rings. The lowest BCUT2D eigenvalue weighted by atomic mass is 9.84. The molecule has 0 bridgehead atoms. The van der Waals surface area contributed by atoms with Crippen molar-refractivity contribution in [2.24, 2.45) is 0 Å². The Morgan fingerprint density at radius 1 is 1.00 bits per heavy atom. The molecule has 1 aromatic carbocycles. The standard InChI is InChI=1S/C20H27N/c1-6-7-12-19(21)17-10-8-9-11-18(17)20-15(4)13(2)14(3)16(20)5/h8-11,20-21H,6-7,12H2,1-5H3. The smallest absolute Gasteiger partial charge is 0.0389 e. The van der Waals surface area contributed by atoms with Gasteiger partial charge in [0, 0.05) is 11.6 Å². The average Bonchev–Trinajstić information content (AvgIpc) is 2.69. The van der Waals surface area contributed by atoms with Gasteiger partial charge in [0.1, 0.15) is 0 Å². The van der Waals surface area contributed by atoms with Crippen molar-refractivity contribution in [1.82, 2.24) is 0 Å². The molecule has 0 spiro atoms. The van der Waals surface area contributed by atoms with Crippen LogP contribution in [0.1, 0.15) is 70.9 Å². The highest BCUT2D eigenvalue weighted by molar-refractivity contribution is 6.00. The highest BCUT2D eigenvalue weighted by atomic mass is 14.4. The fraction of sp³-hybridized carbons (Fsp3) is 0.450. The Labute approximate surface area is 129 Å². The van der Waals surface area contributed by atoms with Crippen molar-refractivity contribution in [3.63, 3.8) is 0 Å². The van der Waals surface area contributed by atoms with Crippen molar-refractivity contribution in [3.05, 3.63) is 57.7 Å². The summed E-state index contributed by atoms with van der Waals surface area (Å²) in [6, 6.07) is 8.50. The summed E-state index contributed by atoms with van der Waals surface area (Å²) in [5, 5.41) is 8.44. The Kier molecular flexibility index (Phi) is 4.82. The molecule has 1 N–H and O–H groups in total. The van der Waals surface area contributed by atoms with E-state index in [-0.39, 0.29) is 0 Å². The van der Waals surface area contributed by atoms with E-state index in [1.54, 1.807) is 0 Å². The van der Waals surface area contributed by atoms with Crippen LogP contribution in [-0.2, 0) is 0 Å². The fourth-order valence-electron chi connectivity index (χ4n) is 3.33. The van der Waals surface area contributed by atoms with E-state index in [4.69, 9.17) is 5.41 Å². The summed E-state index contributed by atoms with van der Waals surface area (Å²) in [5.41, 5.74) is 8.97. The third kappa shape index (κ3) is 2.88. The molecule has 0 unspecified atom stereocenters. The number of hydrogen-bond acceptors (Lipinski definition) is 1. The molecule has 0 radical (unpaired) electrons. The van der Waals surface area contributed by atoms with Crippen molar-refractivity contribution >= 4 is 5.71 Å². The van der Waals surface area contributed by atoms with E-state index < -0.39 is 0 Å². The zero-order valence-corrected chi connectivity index (χ0v) is 14.0. The maximum atomic E-state index is 8.44. The molecule has 1 aliphatic rings. The van der Waals surface area contributed by atoms with E-state index in [1.165, 1.54) is 27.9 Å². The molecule has 0 fully saturated rings. The van der Waals surface area contributed by atoms with Crippen molar-refractivity contribution < 1.29 is 0 Å². The van der Waals surface area contributed by atoms with E-state index in [9.17, 15) is 0 Å². The van der Waals surface area contributed by atoms with Gasteiger partial charge in [-0.3, -0.25) is 0 Å². The zero-order valence-electron chi connectivity index (χ0n) is 14.0. The van der Waals surface area contributed by atoms with Crippen LogP contribution in [0.4, 0.5) is 0 Å². The first-order valence-corrected chi connectivity index (χ1v) is 8.00. The Balaban J connectivity index is 2.45. The van der Waals surface area contributed by atoms with Crippen LogP contribution < -0.4 is 0 Å². The Morgan fingerprint density at radius 2 is 1.57 bits per heavy atom. The quantitative estimate of drug-likeness (QED) is 0.639. The van der Waals surface area contributed by atoms with Crippen LogP contribution in [0.2, 0.25) is 0 Å². The molecule has 2 rings (SSSR count). The molecule has 0 atom stereocenters. The predicted octanol–water partition coefficient (Wildman–Crippen LogP) is 6.01. The Bertz CT molecular complexity index is 592. The summed E-state index contributed by atoms with van der Waals surface area (Å²) in [6.45, 7) is 11.1. The number of unbranched alkanes of at least 4 members (excludes halogenated alkanes) is 1. The molecule has 112 valence electrons. The van der Waals surface area contributed by atoms with E-state index >= 15 is 0 Å². The number of benzene rings is 1. The highest BCUT2D eigenvalue weighted by Crippen LogP contribution is 2.44. The maximum Gasteiger partial charge on any atom is 0.0389 e. The van der Waals surface area contributed by atoms with Crippen LogP contribution in [0.5, 0.6) is 0 Å². The first-order chi connectivity index (χ1) is 9.99. The topological polar surface area (TPSA) is 23.9 Å². The van der Waals surface area contributed by atoms with Gasteiger partial charge in [-0.2, -0.15) is 0 Å². The van der Waals surface area contributed by atoms with Crippen LogP contribution in [0.3, 0.4) is 0 Å². The summed E-state index contributed by atoms with van der Waals surface area (Å²) in [7, 11) is 0. The molecule has 0 heterocycles. The molecule has 0 saturated carbocycles. The van der Waals surface area contributed by atoms with Crippen molar-refractivity contribution in [3.8, 4) is 0 Å². The first kappa shape index (κ1) is 15.8. The highest BCUT2D eigenvalue weighted by Gasteiger charge is 2.27. The van der Waals surface area contributed by atoms with E-state index in [0.29, 0.717) is 5.92 Å². The zero-order chi connectivity index (χ0) is 15.6. The lowest BCUT2D eigenvalue weighted by Gasteiger charge is -2.20. The third-order valence-electron chi connectivity index (χ3n) is 4.99. The molecule has 0 saturated heterocycles. The van der Waals surface area contributed by atoms with Crippen LogP contribution in [-0.4, -0.2) is 5.71 Å². The minimum Gasteiger partial charge on any atom is -0.305 e. The molecule has 0 aromatic heterocycles. The summed E-state index contributed by atoms with van der Waals surface area (Å²) in [5.74, 6) is 0.364. The SMILES string of the molecule is CCCCC(=N)c1ccccc1C1C(C)=C(C)C(C)=C1C. The second-order valence-electron chi connectivity index (χ2n) is 6.22. The largest absolute Gasteiger partial charge is 0.305 e. The second kappa shape index (κ2) is 6.43. The van der Waals surface area contributed by atoms with Crippen molar-refractivity contribution in [1.29, 1.82) is 5.41 Å². The van der Waals surface area contributed by atoms with Crippen LogP contribution in [0.15, 0.2) is 46.6 Å². The van der Waals surface area contributed by atoms with Gasteiger partial charge in [-0.15, -0.1) is 0 Å². The lowest BCUT2D eigenvalue weighted by molar-refractivity contribution is 0.830. The Hall–Kier alpha value is -1.63. The van der Waals surface area contributed by atoms with Gasteiger partial charge in [0.2, 0.25) is 0 Å². The number of rotatable bonds is 5. The van der Waals surface area contributed by atoms with Gasteiger partial charge in [0.15, 0.2) is 0 Å². The summed E-state index contributed by atoms with van der Waals surface area (Å²) >= 11 is 0. The van der Waals surface area contributed by atoms with Gasteiger partial charge in [-0.25, -0.2) is 0 Å². The van der Waals surface area contributed by atoms with E-state index in [2.05, 4.69) is 58.9 Å². The van der Waals surface area contributed by atoms with Crippen LogP contribution >= 0.6 is 0 Å². The van der Waals surface area contributed by atoms with Gasteiger partial charge >= 0.3 is 0 Å². The molecular formula is C20H27N. The molecule has 1 nitrogen and oxygen atoms in total. The van der Waals surface area contributed by atoms with Gasteiger partial charge in [0.05, 0.1) is 0 Å². The van der Waals surface area contributed by atoms with Gasteiger partial charge in [0.25, 0.3) is 0 Å². The second-order valence-corrected chi connectivity index (χ2v) is 6.22. The number of hydrogen-bond donors (Lipinski definition) is 1. The van der Waals surface area contributed by atoms with Crippen molar-refractivity contribution in [2.45, 2.75) is 59.8 Å². The van der Waals surface area contributed by atoms with E-state index in [0.717, 1.165) is 30.5 Å². The summed E-state index contributed by atoms with van der Waals surface area (Å²) in [6.07, 6.45) is 3.12. The van der Waals surface area contributed by atoms with Gasteiger partial charge in [-0.05, 0) is 62.8 Å². The Morgan fingerprint density at radius 3 is 2.14 bits per heavy atom. The van der Waals surface area contributed by atoms with E-state index in [1.807, 2.05) is 0 Å². The average molecular weight is 281 g/mol. The minimum absolute atomic E-state index is 0.364.